The van der Waals surface area contributed by atoms with Crippen molar-refractivity contribution in [3.63, 3.8) is 0 Å². The molecule has 1 aromatic carbocycles. The summed E-state index contributed by atoms with van der Waals surface area (Å²) in [6.45, 7) is 4.18. The third-order valence-electron chi connectivity index (χ3n) is 3.52. The Morgan fingerprint density at radius 2 is 2.06 bits per heavy atom. The van der Waals surface area contributed by atoms with Gasteiger partial charge >= 0.3 is 0 Å². The maximum atomic E-state index is 13.9. The third kappa shape index (κ3) is 2.97. The highest BCUT2D eigenvalue weighted by molar-refractivity contribution is 5.31. The molecule has 0 aliphatic heterocycles. The molecule has 0 heterocycles. The Morgan fingerprint density at radius 1 is 1.35 bits per heavy atom. The van der Waals surface area contributed by atoms with Crippen LogP contribution in [-0.4, -0.2) is 19.2 Å². The zero-order valence-corrected chi connectivity index (χ0v) is 10.7. The van der Waals surface area contributed by atoms with Crippen molar-refractivity contribution >= 4 is 0 Å². The van der Waals surface area contributed by atoms with E-state index in [0.29, 0.717) is 17.8 Å². The average Bonchev–Trinajstić information content (AvgIpc) is 3.11. The molecule has 1 aliphatic carbocycles. The first-order valence-corrected chi connectivity index (χ1v) is 6.21. The molecule has 1 aromatic rings. The van der Waals surface area contributed by atoms with Crippen LogP contribution in [0.4, 0.5) is 4.39 Å². The first-order chi connectivity index (χ1) is 8.11. The lowest BCUT2D eigenvalue weighted by Crippen LogP contribution is -2.32. The van der Waals surface area contributed by atoms with E-state index in [0.717, 1.165) is 5.56 Å². The molecule has 0 spiro atoms. The molecule has 0 bridgehead atoms. The molecule has 1 saturated carbocycles. The average molecular weight is 237 g/mol. The van der Waals surface area contributed by atoms with Crippen molar-refractivity contribution in [2.24, 2.45) is 0 Å². The summed E-state index contributed by atoms with van der Waals surface area (Å²) in [5.74, 6) is 0.559. The van der Waals surface area contributed by atoms with Gasteiger partial charge in [0.1, 0.15) is 11.6 Å². The van der Waals surface area contributed by atoms with Crippen LogP contribution < -0.4 is 10.1 Å². The van der Waals surface area contributed by atoms with E-state index in [2.05, 4.69) is 19.2 Å². The summed E-state index contributed by atoms with van der Waals surface area (Å²) < 4.78 is 18.9. The molecule has 2 unspecified atom stereocenters. The summed E-state index contributed by atoms with van der Waals surface area (Å²) in [7, 11) is 1.55. The molecule has 2 rings (SSSR count). The van der Waals surface area contributed by atoms with Crippen molar-refractivity contribution in [1.82, 2.24) is 5.32 Å². The van der Waals surface area contributed by atoms with Crippen molar-refractivity contribution in [2.75, 3.05) is 7.11 Å². The van der Waals surface area contributed by atoms with Gasteiger partial charge in [-0.25, -0.2) is 4.39 Å². The third-order valence-corrected chi connectivity index (χ3v) is 3.52. The smallest absolute Gasteiger partial charge is 0.130 e. The van der Waals surface area contributed by atoms with E-state index in [9.17, 15) is 4.39 Å². The summed E-state index contributed by atoms with van der Waals surface area (Å²) in [4.78, 5) is 0. The summed E-state index contributed by atoms with van der Waals surface area (Å²) in [5, 5.41) is 3.51. The fourth-order valence-corrected chi connectivity index (χ4v) is 2.04. The van der Waals surface area contributed by atoms with Crippen LogP contribution in [0.1, 0.15) is 38.2 Å². The van der Waals surface area contributed by atoms with Crippen LogP contribution in [0.2, 0.25) is 0 Å². The highest BCUT2D eigenvalue weighted by atomic mass is 19.1. The van der Waals surface area contributed by atoms with E-state index in [-0.39, 0.29) is 11.7 Å². The standard InChI is InChI=1S/C14H20FNO/c1-9(10(2)16-11-4-5-11)13-7-6-12(17-3)8-14(13)15/h6-11,16H,4-5H2,1-3H3. The number of hydrogen-bond acceptors (Lipinski definition) is 2. The van der Waals surface area contributed by atoms with Gasteiger partial charge in [0.15, 0.2) is 0 Å². The number of benzene rings is 1. The molecule has 1 N–H and O–H groups in total. The van der Waals surface area contributed by atoms with Gasteiger partial charge in [0.2, 0.25) is 0 Å². The Hall–Kier alpha value is -1.09. The zero-order chi connectivity index (χ0) is 12.4. The molecule has 17 heavy (non-hydrogen) atoms. The SMILES string of the molecule is COc1ccc(C(C)C(C)NC2CC2)c(F)c1. The Balaban J connectivity index is 2.08. The fraction of sp³-hybridized carbons (Fsp3) is 0.571. The molecular weight excluding hydrogens is 217 g/mol. The van der Waals surface area contributed by atoms with Gasteiger partial charge in [0.25, 0.3) is 0 Å². The monoisotopic (exact) mass is 237 g/mol. The van der Waals surface area contributed by atoms with Gasteiger partial charge in [-0.05, 0) is 37.3 Å². The Labute approximate surface area is 102 Å². The number of methoxy groups -OCH3 is 1. The topological polar surface area (TPSA) is 21.3 Å². The molecule has 0 aromatic heterocycles. The highest BCUT2D eigenvalue weighted by Gasteiger charge is 2.26. The Bertz CT molecular complexity index is 390. The first kappa shape index (κ1) is 12.4. The second-order valence-corrected chi connectivity index (χ2v) is 4.91. The van der Waals surface area contributed by atoms with Gasteiger partial charge in [-0.3, -0.25) is 0 Å². The molecule has 3 heteroatoms. The van der Waals surface area contributed by atoms with Crippen LogP contribution >= 0.6 is 0 Å². The largest absolute Gasteiger partial charge is 0.497 e. The van der Waals surface area contributed by atoms with E-state index in [1.807, 2.05) is 12.1 Å². The molecule has 1 fully saturated rings. The second-order valence-electron chi connectivity index (χ2n) is 4.91. The lowest BCUT2D eigenvalue weighted by molar-refractivity contribution is 0.408. The Kier molecular flexibility index (Phi) is 3.67. The minimum Gasteiger partial charge on any atom is -0.497 e. The molecule has 1 aliphatic rings. The number of halogens is 1. The van der Waals surface area contributed by atoms with Gasteiger partial charge in [0.05, 0.1) is 7.11 Å². The Morgan fingerprint density at radius 3 is 2.59 bits per heavy atom. The van der Waals surface area contributed by atoms with Crippen LogP contribution in [-0.2, 0) is 0 Å². The number of ether oxygens (including phenoxy) is 1. The van der Waals surface area contributed by atoms with Crippen LogP contribution in [0.25, 0.3) is 0 Å². The van der Waals surface area contributed by atoms with Gasteiger partial charge in [-0.2, -0.15) is 0 Å². The zero-order valence-electron chi connectivity index (χ0n) is 10.7. The predicted octanol–water partition coefficient (Wildman–Crippen LogP) is 3.08. The predicted molar refractivity (Wildman–Crippen MR) is 67.0 cm³/mol. The van der Waals surface area contributed by atoms with Gasteiger partial charge in [-0.1, -0.05) is 13.0 Å². The summed E-state index contributed by atoms with van der Waals surface area (Å²) in [6.07, 6.45) is 2.50. The summed E-state index contributed by atoms with van der Waals surface area (Å²) in [6, 6.07) is 6.04. The van der Waals surface area contributed by atoms with Crippen molar-refractivity contribution in [1.29, 1.82) is 0 Å². The van der Waals surface area contributed by atoms with E-state index in [1.165, 1.54) is 18.9 Å². The molecule has 0 radical (unpaired) electrons. The number of rotatable bonds is 5. The van der Waals surface area contributed by atoms with E-state index < -0.39 is 0 Å². The molecule has 0 saturated heterocycles. The van der Waals surface area contributed by atoms with Crippen LogP contribution in [0, 0.1) is 5.82 Å². The lowest BCUT2D eigenvalue weighted by Gasteiger charge is -2.22. The lowest BCUT2D eigenvalue weighted by atomic mass is 9.93. The second kappa shape index (κ2) is 5.05. The quantitative estimate of drug-likeness (QED) is 0.849. The number of hydrogen-bond donors (Lipinski definition) is 1. The minimum absolute atomic E-state index is 0.168. The van der Waals surface area contributed by atoms with Crippen LogP contribution in [0.15, 0.2) is 18.2 Å². The minimum atomic E-state index is -0.179. The van der Waals surface area contributed by atoms with Gasteiger partial charge in [0, 0.05) is 18.2 Å². The highest BCUT2D eigenvalue weighted by Crippen LogP contribution is 2.28. The molecule has 94 valence electrons. The molecular formula is C14H20FNO. The van der Waals surface area contributed by atoms with E-state index >= 15 is 0 Å². The van der Waals surface area contributed by atoms with E-state index in [4.69, 9.17) is 4.74 Å². The summed E-state index contributed by atoms with van der Waals surface area (Å²) in [5.41, 5.74) is 0.756. The fourth-order valence-electron chi connectivity index (χ4n) is 2.04. The number of nitrogens with one attached hydrogen (secondary N) is 1. The normalized spacial score (nSPS) is 18.8. The van der Waals surface area contributed by atoms with Crippen molar-refractivity contribution in [3.8, 4) is 5.75 Å². The molecule has 0 amide bonds. The van der Waals surface area contributed by atoms with Gasteiger partial charge in [-0.15, -0.1) is 0 Å². The maximum Gasteiger partial charge on any atom is 0.130 e. The van der Waals surface area contributed by atoms with Crippen molar-refractivity contribution in [2.45, 2.75) is 44.7 Å². The van der Waals surface area contributed by atoms with E-state index in [1.54, 1.807) is 7.11 Å². The molecule has 2 nitrogen and oxygen atoms in total. The molecule has 2 atom stereocenters. The van der Waals surface area contributed by atoms with Crippen molar-refractivity contribution < 1.29 is 9.13 Å². The first-order valence-electron chi connectivity index (χ1n) is 6.21. The van der Waals surface area contributed by atoms with Crippen LogP contribution in [0.5, 0.6) is 5.75 Å². The van der Waals surface area contributed by atoms with Gasteiger partial charge < -0.3 is 10.1 Å². The maximum absolute atomic E-state index is 13.9. The van der Waals surface area contributed by atoms with Crippen molar-refractivity contribution in [3.05, 3.63) is 29.6 Å². The van der Waals surface area contributed by atoms with Crippen LogP contribution in [0.3, 0.4) is 0 Å². The summed E-state index contributed by atoms with van der Waals surface area (Å²) >= 11 is 0.